The van der Waals surface area contributed by atoms with E-state index in [1.807, 2.05) is 61.7 Å². The zero-order valence-electron chi connectivity index (χ0n) is 31.8. The molecule has 4 aromatic rings. The third-order valence-corrected chi connectivity index (χ3v) is 10.5. The quantitative estimate of drug-likeness (QED) is 0.0729. The van der Waals surface area contributed by atoms with Gasteiger partial charge >= 0.3 is 0 Å². The largest absolute Gasteiger partial charge is 0.370 e. The predicted octanol–water partition coefficient (Wildman–Crippen LogP) is 0.0542. The number of benzene rings is 3. The number of nitrogens with one attached hydrogen (secondary N) is 6. The van der Waals surface area contributed by atoms with Crippen LogP contribution in [-0.2, 0) is 35.2 Å². The van der Waals surface area contributed by atoms with E-state index < -0.39 is 73.2 Å². The van der Waals surface area contributed by atoms with Crippen molar-refractivity contribution in [1.29, 1.82) is 0 Å². The smallest absolute Gasteiger partial charge is 0.243 e. The van der Waals surface area contributed by atoms with E-state index in [1.54, 1.807) is 0 Å². The summed E-state index contributed by atoms with van der Waals surface area (Å²) in [4.78, 5) is 81.1. The molecule has 1 aliphatic rings. The molecule has 1 saturated heterocycles. The Labute approximate surface area is 338 Å². The van der Waals surface area contributed by atoms with E-state index in [9.17, 15) is 28.8 Å². The number of nitrogens with zero attached hydrogens (tertiary/aromatic N) is 1. The summed E-state index contributed by atoms with van der Waals surface area (Å²) < 4.78 is 0. The molecule has 0 aliphatic carbocycles. The van der Waals surface area contributed by atoms with E-state index >= 15 is 0 Å². The molecule has 5 rings (SSSR count). The lowest BCUT2D eigenvalue weighted by Crippen LogP contribution is -2.53. The van der Waals surface area contributed by atoms with Gasteiger partial charge in [-0.1, -0.05) is 89.2 Å². The highest BCUT2D eigenvalue weighted by molar-refractivity contribution is 8.76. The van der Waals surface area contributed by atoms with Crippen LogP contribution in [0.25, 0.3) is 21.7 Å². The molecular weight excluding hydrogens is 771 g/mol. The van der Waals surface area contributed by atoms with Crippen molar-refractivity contribution in [3.63, 3.8) is 0 Å². The summed E-state index contributed by atoms with van der Waals surface area (Å²) in [5.74, 6) is -3.48. The molecule has 3 aromatic carbocycles. The minimum Gasteiger partial charge on any atom is -0.370 e. The lowest BCUT2D eigenvalue weighted by molar-refractivity contribution is -0.131. The van der Waals surface area contributed by atoms with Crippen molar-refractivity contribution in [2.75, 3.05) is 37.7 Å². The maximum atomic E-state index is 13.0. The van der Waals surface area contributed by atoms with Crippen molar-refractivity contribution < 1.29 is 28.8 Å². The maximum Gasteiger partial charge on any atom is 0.243 e. The summed E-state index contributed by atoms with van der Waals surface area (Å²) in [6.07, 6.45) is 3.14. The Kier molecular flexibility index (Phi) is 19.2. The number of carbonyl (C=O) groups is 6. The van der Waals surface area contributed by atoms with Gasteiger partial charge in [-0.25, -0.2) is 0 Å². The summed E-state index contributed by atoms with van der Waals surface area (Å²) in [5.41, 5.74) is 24.6. The van der Waals surface area contributed by atoms with Gasteiger partial charge in [0.1, 0.15) is 12.1 Å². The van der Waals surface area contributed by atoms with Crippen molar-refractivity contribution in [2.24, 2.45) is 27.9 Å². The standard InChI is InChI=1S/C25H31N7O6S2.C9H9N.C4H11N3/c26-17-12-39-40-13-19(23(27)36)32-21(34)10-28-20(33)9-30-25(38)18(31-22(35)11-29-24(17)37)8-14-5-6-15-3-1-2-4-16(15)7-14;1-7-6-10-9-5-3-2-4-8(7)9;1-2-3-7-4(5)6/h1-7,17-19H,8-13,26H2,(H2,27,36)(H,28,33)(H,29,37)(H,30,38)(H,31,35)(H,32,34);2-6,10H,1H3;2-3H2,1H3,(H4,5,6,7)/t17-,18+,19?;;/m0../s1. The Balaban J connectivity index is 0.000000417. The van der Waals surface area contributed by atoms with Gasteiger partial charge in [0, 0.05) is 41.6 Å². The van der Waals surface area contributed by atoms with Crippen molar-refractivity contribution >= 4 is 84.7 Å². The van der Waals surface area contributed by atoms with Crippen LogP contribution in [0.4, 0.5) is 0 Å². The molecule has 6 amide bonds. The number of hydrogen-bond donors (Lipinski definition) is 10. The number of aromatic nitrogens is 1. The Morgan fingerprint density at radius 2 is 1.40 bits per heavy atom. The molecule has 14 N–H and O–H groups in total. The number of aromatic amines is 1. The molecule has 57 heavy (non-hydrogen) atoms. The van der Waals surface area contributed by atoms with Gasteiger partial charge in [0.2, 0.25) is 35.4 Å². The molecule has 0 bridgehead atoms. The summed E-state index contributed by atoms with van der Waals surface area (Å²) in [7, 11) is 2.37. The molecule has 3 atom stereocenters. The van der Waals surface area contributed by atoms with Crippen LogP contribution in [0.3, 0.4) is 0 Å². The van der Waals surface area contributed by atoms with Gasteiger partial charge in [0.05, 0.1) is 25.7 Å². The number of para-hydroxylation sites is 1. The Morgan fingerprint density at radius 1 is 0.772 bits per heavy atom. The van der Waals surface area contributed by atoms with Crippen LogP contribution < -0.4 is 49.5 Å². The van der Waals surface area contributed by atoms with Crippen molar-refractivity contribution in [2.45, 2.75) is 44.8 Å². The number of aliphatic imine (C=N–C) groups is 1. The summed E-state index contributed by atoms with van der Waals surface area (Å²) >= 11 is 0. The van der Waals surface area contributed by atoms with E-state index in [4.69, 9.17) is 22.9 Å². The molecular formula is C38H51N11O6S2. The molecule has 1 fully saturated rings. The summed E-state index contributed by atoms with van der Waals surface area (Å²) in [6, 6.07) is 18.6. The highest BCUT2D eigenvalue weighted by Crippen LogP contribution is 2.22. The third-order valence-electron chi connectivity index (χ3n) is 8.09. The van der Waals surface area contributed by atoms with Crippen LogP contribution in [-0.4, -0.2) is 102 Å². The summed E-state index contributed by atoms with van der Waals surface area (Å²) in [5, 5.41) is 15.6. The first-order valence-corrected chi connectivity index (χ1v) is 20.5. The monoisotopic (exact) mass is 821 g/mol. The van der Waals surface area contributed by atoms with Gasteiger partial charge in [-0.3, -0.25) is 33.8 Å². The van der Waals surface area contributed by atoms with E-state index in [0.717, 1.165) is 29.3 Å². The van der Waals surface area contributed by atoms with Crippen LogP contribution in [0.2, 0.25) is 0 Å². The number of amides is 6. The topological polar surface area (TPSA) is 295 Å². The fraction of sp³-hybridized carbons (Fsp3) is 0.342. The Hall–Kier alpha value is -5.79. The fourth-order valence-electron chi connectivity index (χ4n) is 5.10. The molecule has 0 saturated carbocycles. The Bertz CT molecular complexity index is 2020. The highest BCUT2D eigenvalue weighted by atomic mass is 33.1. The van der Waals surface area contributed by atoms with Gasteiger partial charge in [0.15, 0.2) is 5.96 Å². The molecule has 17 nitrogen and oxygen atoms in total. The van der Waals surface area contributed by atoms with Gasteiger partial charge in [-0.15, -0.1) is 0 Å². The lowest BCUT2D eigenvalue weighted by atomic mass is 10.0. The number of nitrogens with two attached hydrogens (primary N) is 4. The van der Waals surface area contributed by atoms with E-state index in [1.165, 1.54) is 38.1 Å². The second kappa shape index (κ2) is 24.0. The second-order valence-corrected chi connectivity index (χ2v) is 15.3. The van der Waals surface area contributed by atoms with Gasteiger partial charge in [0.25, 0.3) is 0 Å². The first kappa shape index (κ1) is 45.6. The van der Waals surface area contributed by atoms with Crippen LogP contribution in [0.5, 0.6) is 0 Å². The molecule has 0 spiro atoms. The van der Waals surface area contributed by atoms with Crippen LogP contribution in [0.15, 0.2) is 77.9 Å². The molecule has 19 heteroatoms. The number of guanidine groups is 1. The number of carbonyl (C=O) groups excluding carboxylic acids is 6. The second-order valence-electron chi connectivity index (χ2n) is 12.7. The first-order chi connectivity index (χ1) is 27.3. The molecule has 1 aliphatic heterocycles. The number of fused-ring (bicyclic) bond motifs is 2. The molecule has 0 radical (unpaired) electrons. The average molecular weight is 822 g/mol. The molecule has 1 aromatic heterocycles. The maximum absolute atomic E-state index is 13.0. The minimum absolute atomic E-state index is 0.102. The van der Waals surface area contributed by atoms with Crippen molar-refractivity contribution in [1.82, 2.24) is 31.6 Å². The summed E-state index contributed by atoms with van der Waals surface area (Å²) in [6.45, 7) is 3.54. The average Bonchev–Trinajstić information content (AvgIpc) is 3.58. The number of primary amides is 1. The number of rotatable bonds is 5. The lowest BCUT2D eigenvalue weighted by Gasteiger charge is -2.20. The number of H-pyrrole nitrogens is 1. The van der Waals surface area contributed by atoms with E-state index in [0.29, 0.717) is 0 Å². The molecule has 1 unspecified atom stereocenters. The molecule has 2 heterocycles. The van der Waals surface area contributed by atoms with E-state index in [-0.39, 0.29) is 23.9 Å². The molecule has 306 valence electrons. The van der Waals surface area contributed by atoms with E-state index in [2.05, 4.69) is 61.7 Å². The predicted molar refractivity (Wildman–Crippen MR) is 227 cm³/mol. The number of aryl methyl sites for hydroxylation is 1. The highest BCUT2D eigenvalue weighted by Gasteiger charge is 2.24. The Morgan fingerprint density at radius 3 is 2.09 bits per heavy atom. The van der Waals surface area contributed by atoms with Crippen molar-refractivity contribution in [3.05, 3.63) is 84.1 Å². The minimum atomic E-state index is -1.07. The third kappa shape index (κ3) is 16.5. The van der Waals surface area contributed by atoms with Gasteiger partial charge in [-0.05, 0) is 41.3 Å². The SMILES string of the molecule is CCCN=C(N)N.Cc1c[nH]c2ccccc12.NC(=O)C1CSSC[C@H](N)C(=O)NCC(=O)N[C@H](Cc2ccc3ccccc3c2)C(=O)NCC(=O)NCC(=O)N1. The first-order valence-electron chi connectivity index (χ1n) is 18.0. The van der Waals surface area contributed by atoms with Gasteiger partial charge < -0.3 is 54.5 Å². The van der Waals surface area contributed by atoms with Crippen LogP contribution in [0, 0.1) is 6.92 Å². The zero-order valence-corrected chi connectivity index (χ0v) is 33.5. The van der Waals surface area contributed by atoms with Crippen LogP contribution >= 0.6 is 21.6 Å². The normalized spacial score (nSPS) is 18.8. The fourth-order valence-corrected chi connectivity index (χ4v) is 7.40. The van der Waals surface area contributed by atoms with Crippen LogP contribution in [0.1, 0.15) is 24.5 Å². The zero-order chi connectivity index (χ0) is 41.7. The van der Waals surface area contributed by atoms with Gasteiger partial charge in [-0.2, -0.15) is 0 Å². The van der Waals surface area contributed by atoms with Crippen molar-refractivity contribution in [3.8, 4) is 0 Å². The number of hydrogen-bond acceptors (Lipinski definition) is 10.